The summed E-state index contributed by atoms with van der Waals surface area (Å²) in [7, 11) is 0. The summed E-state index contributed by atoms with van der Waals surface area (Å²) in [6.07, 6.45) is 1.43. The highest BCUT2D eigenvalue weighted by molar-refractivity contribution is 5.99. The molecular formula is C21H24FN3O2. The zero-order chi connectivity index (χ0) is 19.4. The average Bonchev–Trinajstić information content (AvgIpc) is 2.65. The molecule has 142 valence electrons. The van der Waals surface area contributed by atoms with E-state index in [1.807, 2.05) is 6.07 Å². The lowest BCUT2D eigenvalue weighted by atomic mass is 9.95. The molecule has 27 heavy (non-hydrogen) atoms. The van der Waals surface area contributed by atoms with Gasteiger partial charge in [-0.2, -0.15) is 0 Å². The Morgan fingerprint density at radius 1 is 1.15 bits per heavy atom. The molecule has 1 aliphatic rings. The minimum absolute atomic E-state index is 0.0507. The van der Waals surface area contributed by atoms with Crippen LogP contribution in [-0.4, -0.2) is 29.8 Å². The van der Waals surface area contributed by atoms with Crippen LogP contribution in [0.2, 0.25) is 0 Å². The number of likely N-dealkylation sites (tertiary alicyclic amines) is 1. The van der Waals surface area contributed by atoms with Crippen molar-refractivity contribution in [3.63, 3.8) is 0 Å². The molecule has 3 N–H and O–H groups in total. The zero-order valence-corrected chi connectivity index (χ0v) is 15.4. The SMILES string of the molecule is Cc1c(NC(=O)C2CCN(Cc3ccccc3F)CC2)cccc1C(N)=O. The van der Waals surface area contributed by atoms with E-state index in [1.165, 1.54) is 6.07 Å². The Hall–Kier alpha value is -2.73. The quantitative estimate of drug-likeness (QED) is 0.850. The number of nitrogens with one attached hydrogen (secondary N) is 1. The summed E-state index contributed by atoms with van der Waals surface area (Å²) >= 11 is 0. The molecule has 0 radical (unpaired) electrons. The second-order valence-corrected chi connectivity index (χ2v) is 6.97. The highest BCUT2D eigenvalue weighted by atomic mass is 19.1. The Labute approximate surface area is 158 Å². The number of halogens is 1. The second kappa shape index (κ2) is 8.31. The summed E-state index contributed by atoms with van der Waals surface area (Å²) in [4.78, 5) is 26.2. The van der Waals surface area contributed by atoms with Crippen LogP contribution in [-0.2, 0) is 11.3 Å². The van der Waals surface area contributed by atoms with Crippen molar-refractivity contribution in [2.24, 2.45) is 11.7 Å². The highest BCUT2D eigenvalue weighted by Crippen LogP contribution is 2.24. The van der Waals surface area contributed by atoms with Gasteiger partial charge in [0.25, 0.3) is 0 Å². The van der Waals surface area contributed by atoms with Crippen LogP contribution in [0, 0.1) is 18.7 Å². The molecule has 0 unspecified atom stereocenters. The van der Waals surface area contributed by atoms with Crippen molar-refractivity contribution in [1.82, 2.24) is 4.90 Å². The molecule has 0 aromatic heterocycles. The van der Waals surface area contributed by atoms with Gasteiger partial charge in [-0.05, 0) is 56.6 Å². The monoisotopic (exact) mass is 369 g/mol. The van der Waals surface area contributed by atoms with E-state index in [0.717, 1.165) is 25.9 Å². The predicted octanol–water partition coefficient (Wildman–Crippen LogP) is 3.08. The molecule has 0 bridgehead atoms. The molecular weight excluding hydrogens is 345 g/mol. The number of hydrogen-bond donors (Lipinski definition) is 2. The Kier molecular flexibility index (Phi) is 5.86. The standard InChI is InChI=1S/C21H24FN3O2/c1-14-17(20(23)26)6-4-8-19(14)24-21(27)15-9-11-25(12-10-15)13-16-5-2-3-7-18(16)22/h2-8,15H,9-13H2,1H3,(H2,23,26)(H,24,27). The Balaban J connectivity index is 1.57. The molecule has 3 rings (SSSR count). The van der Waals surface area contributed by atoms with Crippen LogP contribution < -0.4 is 11.1 Å². The number of rotatable bonds is 5. The summed E-state index contributed by atoms with van der Waals surface area (Å²) in [6, 6.07) is 11.9. The van der Waals surface area contributed by atoms with Crippen molar-refractivity contribution in [3.8, 4) is 0 Å². The van der Waals surface area contributed by atoms with Gasteiger partial charge in [0.2, 0.25) is 11.8 Å². The van der Waals surface area contributed by atoms with Crippen LogP contribution in [0.5, 0.6) is 0 Å². The van der Waals surface area contributed by atoms with Gasteiger partial charge in [-0.15, -0.1) is 0 Å². The summed E-state index contributed by atoms with van der Waals surface area (Å²) < 4.78 is 13.8. The zero-order valence-electron chi connectivity index (χ0n) is 15.4. The number of benzene rings is 2. The third kappa shape index (κ3) is 4.52. The molecule has 0 saturated carbocycles. The van der Waals surface area contributed by atoms with Gasteiger partial charge in [0, 0.05) is 29.3 Å². The Morgan fingerprint density at radius 2 is 1.85 bits per heavy atom. The number of hydrogen-bond acceptors (Lipinski definition) is 3. The molecule has 1 heterocycles. The van der Waals surface area contributed by atoms with Gasteiger partial charge >= 0.3 is 0 Å². The van der Waals surface area contributed by atoms with Crippen molar-refractivity contribution >= 4 is 17.5 Å². The molecule has 6 heteroatoms. The fourth-order valence-electron chi connectivity index (χ4n) is 3.49. The van der Waals surface area contributed by atoms with Crippen molar-refractivity contribution in [1.29, 1.82) is 0 Å². The number of amides is 2. The minimum atomic E-state index is -0.509. The number of carbonyl (C=O) groups is 2. The van der Waals surface area contributed by atoms with Crippen LogP contribution in [0.1, 0.15) is 34.3 Å². The molecule has 1 aliphatic heterocycles. The van der Waals surface area contributed by atoms with Gasteiger partial charge in [-0.1, -0.05) is 24.3 Å². The number of nitrogens with two attached hydrogens (primary N) is 1. The third-order valence-corrected chi connectivity index (χ3v) is 5.17. The van der Waals surface area contributed by atoms with E-state index < -0.39 is 5.91 Å². The van der Waals surface area contributed by atoms with Crippen LogP contribution in [0.4, 0.5) is 10.1 Å². The van der Waals surface area contributed by atoms with E-state index in [9.17, 15) is 14.0 Å². The van der Waals surface area contributed by atoms with Crippen LogP contribution in [0.25, 0.3) is 0 Å². The van der Waals surface area contributed by atoms with E-state index in [0.29, 0.717) is 28.9 Å². The lowest BCUT2D eigenvalue weighted by molar-refractivity contribution is -0.121. The third-order valence-electron chi connectivity index (χ3n) is 5.17. The maximum absolute atomic E-state index is 13.8. The lowest BCUT2D eigenvalue weighted by Gasteiger charge is -2.31. The molecule has 0 aliphatic carbocycles. The van der Waals surface area contributed by atoms with Crippen molar-refractivity contribution in [2.45, 2.75) is 26.3 Å². The topological polar surface area (TPSA) is 75.4 Å². The molecule has 1 saturated heterocycles. The minimum Gasteiger partial charge on any atom is -0.366 e. The van der Waals surface area contributed by atoms with Gasteiger partial charge in [0.15, 0.2) is 0 Å². The molecule has 0 atom stereocenters. The highest BCUT2D eigenvalue weighted by Gasteiger charge is 2.26. The normalized spacial score (nSPS) is 15.5. The first-order chi connectivity index (χ1) is 13.0. The number of carbonyl (C=O) groups excluding carboxylic acids is 2. The van der Waals surface area contributed by atoms with Gasteiger partial charge in [-0.25, -0.2) is 4.39 Å². The first-order valence-corrected chi connectivity index (χ1v) is 9.11. The van der Waals surface area contributed by atoms with E-state index in [-0.39, 0.29) is 17.6 Å². The molecule has 5 nitrogen and oxygen atoms in total. The van der Waals surface area contributed by atoms with Crippen molar-refractivity contribution in [3.05, 3.63) is 65.0 Å². The smallest absolute Gasteiger partial charge is 0.249 e. The molecule has 2 aromatic carbocycles. The summed E-state index contributed by atoms with van der Waals surface area (Å²) in [5, 5.41) is 2.92. The summed E-state index contributed by atoms with van der Waals surface area (Å²) in [5.74, 6) is -0.851. The number of nitrogens with zero attached hydrogens (tertiary/aromatic N) is 1. The van der Waals surface area contributed by atoms with E-state index in [4.69, 9.17) is 5.73 Å². The van der Waals surface area contributed by atoms with E-state index in [2.05, 4.69) is 10.2 Å². The van der Waals surface area contributed by atoms with E-state index in [1.54, 1.807) is 37.3 Å². The van der Waals surface area contributed by atoms with Gasteiger partial charge in [-0.3, -0.25) is 14.5 Å². The molecule has 1 fully saturated rings. The van der Waals surface area contributed by atoms with Gasteiger partial charge in [0.1, 0.15) is 5.82 Å². The lowest BCUT2D eigenvalue weighted by Crippen LogP contribution is -2.38. The summed E-state index contributed by atoms with van der Waals surface area (Å²) in [6.45, 7) is 3.81. The average molecular weight is 369 g/mol. The number of primary amides is 1. The first kappa shape index (κ1) is 19.0. The van der Waals surface area contributed by atoms with Crippen molar-refractivity contribution in [2.75, 3.05) is 18.4 Å². The van der Waals surface area contributed by atoms with Crippen molar-refractivity contribution < 1.29 is 14.0 Å². The maximum atomic E-state index is 13.8. The number of anilines is 1. The van der Waals surface area contributed by atoms with Gasteiger partial charge in [0.05, 0.1) is 0 Å². The van der Waals surface area contributed by atoms with Crippen LogP contribution in [0.3, 0.4) is 0 Å². The van der Waals surface area contributed by atoms with Crippen LogP contribution in [0.15, 0.2) is 42.5 Å². The molecule has 0 spiro atoms. The first-order valence-electron chi connectivity index (χ1n) is 9.11. The largest absolute Gasteiger partial charge is 0.366 e. The maximum Gasteiger partial charge on any atom is 0.249 e. The second-order valence-electron chi connectivity index (χ2n) is 6.97. The summed E-state index contributed by atoms with van der Waals surface area (Å²) in [5.41, 5.74) is 7.74. The predicted molar refractivity (Wildman–Crippen MR) is 103 cm³/mol. The van der Waals surface area contributed by atoms with Gasteiger partial charge < -0.3 is 11.1 Å². The fraction of sp³-hybridized carbons (Fsp3) is 0.333. The molecule has 2 aromatic rings. The Bertz CT molecular complexity index is 845. The Morgan fingerprint density at radius 3 is 2.52 bits per heavy atom. The molecule has 2 amide bonds. The number of piperidine rings is 1. The van der Waals surface area contributed by atoms with Crippen LogP contribution >= 0.6 is 0 Å². The fourth-order valence-corrected chi connectivity index (χ4v) is 3.49. The van der Waals surface area contributed by atoms with E-state index >= 15 is 0 Å².